The van der Waals surface area contributed by atoms with Gasteiger partial charge in [0, 0.05) is 43.9 Å². The molecule has 3 aromatic carbocycles. The molecule has 0 saturated heterocycles. The zero-order valence-electron chi connectivity index (χ0n) is 28.5. The fourth-order valence-corrected chi connectivity index (χ4v) is 7.43. The second kappa shape index (κ2) is 13.5. The molecule has 0 atom stereocenters. The van der Waals surface area contributed by atoms with Crippen LogP contribution in [0.5, 0.6) is 0 Å². The Kier molecular flexibility index (Phi) is 9.13. The van der Waals surface area contributed by atoms with Gasteiger partial charge in [0.25, 0.3) is 0 Å². The summed E-state index contributed by atoms with van der Waals surface area (Å²) in [7, 11) is 0. The van der Waals surface area contributed by atoms with Gasteiger partial charge in [-0.15, -0.1) is 54.1 Å². The van der Waals surface area contributed by atoms with E-state index in [1.807, 2.05) is 43.5 Å². The average Bonchev–Trinajstić information content (AvgIpc) is 3.83. The minimum absolute atomic E-state index is 0. The van der Waals surface area contributed by atoms with Gasteiger partial charge in [0.15, 0.2) is 0 Å². The molecule has 1 radical (unpaired) electrons. The molecular formula is C43H40IrN4O-2. The van der Waals surface area contributed by atoms with E-state index >= 15 is 0 Å². The Labute approximate surface area is 301 Å². The van der Waals surface area contributed by atoms with Crippen LogP contribution in [0.2, 0.25) is 0 Å². The molecule has 6 heteroatoms. The number of hydrogen-bond donors (Lipinski definition) is 0. The van der Waals surface area contributed by atoms with Gasteiger partial charge in [-0.25, -0.2) is 4.98 Å². The number of pyridine rings is 2. The second-order valence-electron chi connectivity index (χ2n) is 14.5. The quantitative estimate of drug-likeness (QED) is 0.166. The summed E-state index contributed by atoms with van der Waals surface area (Å²) >= 11 is 0. The zero-order chi connectivity index (χ0) is 32.8. The Morgan fingerprint density at radius 3 is 2.55 bits per heavy atom. The molecule has 0 N–H and O–H groups in total. The maximum Gasteiger partial charge on any atom is 0.216 e. The van der Waals surface area contributed by atoms with E-state index < -0.39 is 0 Å². The van der Waals surface area contributed by atoms with E-state index in [9.17, 15) is 0 Å². The van der Waals surface area contributed by atoms with Crippen LogP contribution < -0.4 is 0 Å². The van der Waals surface area contributed by atoms with E-state index in [0.29, 0.717) is 5.71 Å². The predicted molar refractivity (Wildman–Crippen MR) is 195 cm³/mol. The topological polar surface area (TPSA) is 56.7 Å². The molecule has 5 nitrogen and oxygen atoms in total. The summed E-state index contributed by atoms with van der Waals surface area (Å²) in [6.07, 6.45) is 10.7. The van der Waals surface area contributed by atoms with Crippen molar-refractivity contribution in [2.75, 3.05) is 0 Å². The van der Waals surface area contributed by atoms with Crippen LogP contribution in [-0.4, -0.2) is 19.5 Å². The Morgan fingerprint density at radius 1 is 0.898 bits per heavy atom. The summed E-state index contributed by atoms with van der Waals surface area (Å²) in [5, 5.41) is 2.08. The Morgan fingerprint density at radius 2 is 1.76 bits per heavy atom. The van der Waals surface area contributed by atoms with Crippen molar-refractivity contribution < 1.29 is 24.5 Å². The molecule has 1 aliphatic carbocycles. The van der Waals surface area contributed by atoms with Crippen LogP contribution in [0.1, 0.15) is 63.3 Å². The maximum atomic E-state index is 6.08. The molecule has 9 rings (SSSR count). The third kappa shape index (κ3) is 6.65. The van der Waals surface area contributed by atoms with E-state index in [0.717, 1.165) is 69.1 Å². The summed E-state index contributed by atoms with van der Waals surface area (Å²) < 4.78 is 8.48. The van der Waals surface area contributed by atoms with Gasteiger partial charge >= 0.3 is 0 Å². The number of nitrogens with zero attached hydrogens (tertiary/aromatic N) is 4. The number of furan rings is 1. The van der Waals surface area contributed by atoms with Gasteiger partial charge in [-0.1, -0.05) is 74.4 Å². The van der Waals surface area contributed by atoms with Crippen molar-refractivity contribution in [2.45, 2.75) is 66.3 Å². The van der Waals surface area contributed by atoms with Gasteiger partial charge in [-0.05, 0) is 78.6 Å². The van der Waals surface area contributed by atoms with Crippen LogP contribution in [0.4, 0.5) is 0 Å². The monoisotopic (exact) mass is 821 g/mol. The van der Waals surface area contributed by atoms with Crippen LogP contribution in [0.3, 0.4) is 0 Å². The van der Waals surface area contributed by atoms with E-state index in [1.54, 1.807) is 5.57 Å². The smallest absolute Gasteiger partial charge is 0.216 e. The maximum absolute atomic E-state index is 6.08. The van der Waals surface area contributed by atoms with Gasteiger partial charge < -0.3 is 14.0 Å². The molecule has 0 unspecified atom stereocenters. The SMILES string of the molecule is Cc1ccc2c(n1)oc1c(-c3cc(CC(C)(C)C)ccn3)[c-]ccc12.[Ir].[c-]1ccccc1-c1nc2cccc3c2n1CC(C1CCCC1)=C3. The van der Waals surface area contributed by atoms with Gasteiger partial charge in [0.2, 0.25) is 5.71 Å². The molecule has 0 bridgehead atoms. The third-order valence-corrected chi connectivity index (χ3v) is 9.56. The zero-order valence-corrected chi connectivity index (χ0v) is 30.9. The van der Waals surface area contributed by atoms with Crippen LogP contribution >= 0.6 is 0 Å². The molecule has 2 aliphatic rings. The van der Waals surface area contributed by atoms with Crippen molar-refractivity contribution in [3.8, 4) is 22.6 Å². The minimum atomic E-state index is 0. The van der Waals surface area contributed by atoms with Crippen molar-refractivity contribution in [2.24, 2.45) is 11.3 Å². The standard InChI is InChI=1S/C22H21N2O.C21H19N2.Ir/c1-14-8-9-17-16-6-5-7-18(20(16)25-21(17)24-14)19-12-15(10-11-23-19)13-22(2,3)4;1-2-9-16(10-3-1)21-22-19-12-6-11-17-13-18(14-23(21)20(17)19)15-7-4-5-8-15;/h5-6,8-12H,13H2,1-4H3;1-3,6,9,11-13,15H,4-5,7-8,14H2;/q2*-1;. The van der Waals surface area contributed by atoms with Gasteiger partial charge in [-0.3, -0.25) is 4.98 Å². The molecule has 49 heavy (non-hydrogen) atoms. The number of aryl methyl sites for hydroxylation is 1. The van der Waals surface area contributed by atoms with Crippen molar-refractivity contribution in [3.63, 3.8) is 0 Å². The number of hydrogen-bond acceptors (Lipinski definition) is 4. The van der Waals surface area contributed by atoms with E-state index in [2.05, 4.69) is 102 Å². The van der Waals surface area contributed by atoms with Crippen LogP contribution in [-0.2, 0) is 33.1 Å². The Balaban J connectivity index is 0.000000152. The molecular weight excluding hydrogens is 781 g/mol. The molecule has 1 aliphatic heterocycles. The van der Waals surface area contributed by atoms with Gasteiger partial charge in [0.05, 0.1) is 22.4 Å². The number of benzene rings is 3. The first kappa shape index (κ1) is 33.1. The number of para-hydroxylation sites is 1. The number of imidazole rings is 1. The first-order chi connectivity index (χ1) is 23.3. The molecule has 5 heterocycles. The first-order valence-electron chi connectivity index (χ1n) is 17.1. The molecule has 4 aromatic heterocycles. The van der Waals surface area contributed by atoms with Crippen molar-refractivity contribution >= 4 is 39.2 Å². The Hall–Kier alpha value is -4.38. The number of allylic oxidation sites excluding steroid dienone is 1. The van der Waals surface area contributed by atoms with Gasteiger partial charge in [0.1, 0.15) is 0 Å². The summed E-state index contributed by atoms with van der Waals surface area (Å²) in [6.45, 7) is 9.68. The Bertz CT molecular complexity index is 2300. The number of rotatable bonds is 4. The van der Waals surface area contributed by atoms with E-state index in [4.69, 9.17) is 9.40 Å². The average molecular weight is 821 g/mol. The fraction of sp³-hybridized carbons (Fsp3) is 0.279. The number of aromatic nitrogens is 4. The van der Waals surface area contributed by atoms with Crippen molar-refractivity contribution in [3.05, 3.63) is 120 Å². The second-order valence-corrected chi connectivity index (χ2v) is 14.5. The van der Waals surface area contributed by atoms with Gasteiger partial charge in [-0.2, -0.15) is 0 Å². The van der Waals surface area contributed by atoms with Crippen molar-refractivity contribution in [1.29, 1.82) is 0 Å². The largest absolute Gasteiger partial charge is 0.486 e. The molecule has 0 amide bonds. The predicted octanol–water partition coefficient (Wildman–Crippen LogP) is 10.8. The van der Waals surface area contributed by atoms with Crippen molar-refractivity contribution in [1.82, 2.24) is 19.5 Å². The molecule has 249 valence electrons. The van der Waals surface area contributed by atoms with Crippen LogP contribution in [0, 0.1) is 30.4 Å². The molecule has 1 saturated carbocycles. The van der Waals surface area contributed by atoms with Crippen LogP contribution in [0.25, 0.3) is 61.8 Å². The first-order valence-corrected chi connectivity index (χ1v) is 17.1. The van der Waals surface area contributed by atoms with E-state index in [-0.39, 0.29) is 25.5 Å². The minimum Gasteiger partial charge on any atom is -0.486 e. The summed E-state index contributed by atoms with van der Waals surface area (Å²) in [5.41, 5.74) is 12.1. The van der Waals surface area contributed by atoms with E-state index in [1.165, 1.54) is 42.3 Å². The summed E-state index contributed by atoms with van der Waals surface area (Å²) in [6, 6.07) is 33.6. The molecule has 0 spiro atoms. The fourth-order valence-electron chi connectivity index (χ4n) is 7.43. The van der Waals surface area contributed by atoms with Crippen LogP contribution in [0.15, 0.2) is 95.0 Å². The normalized spacial score (nSPS) is 14.5. The third-order valence-electron chi connectivity index (χ3n) is 9.56. The molecule has 1 fully saturated rings. The molecule has 7 aromatic rings. The summed E-state index contributed by atoms with van der Waals surface area (Å²) in [5.74, 6) is 1.81. The summed E-state index contributed by atoms with van der Waals surface area (Å²) in [4.78, 5) is 14.0. The number of fused-ring (bicyclic) bond motifs is 3.